The van der Waals surface area contributed by atoms with Crippen LogP contribution in [0.3, 0.4) is 0 Å². The van der Waals surface area contributed by atoms with E-state index in [9.17, 15) is 4.79 Å². The van der Waals surface area contributed by atoms with Gasteiger partial charge in [-0.25, -0.2) is 4.79 Å². The Morgan fingerprint density at radius 3 is 2.60 bits per heavy atom. The van der Waals surface area contributed by atoms with E-state index in [-0.39, 0.29) is 13.4 Å². The van der Waals surface area contributed by atoms with E-state index in [1.54, 1.807) is 6.08 Å². The van der Waals surface area contributed by atoms with Gasteiger partial charge in [0.05, 0.1) is 0 Å². The second-order valence-electron chi connectivity index (χ2n) is 5.79. The first kappa shape index (κ1) is 16.9. The number of carbonyl (C=O) groups is 1. The van der Waals surface area contributed by atoms with E-state index >= 15 is 0 Å². The monoisotopic (exact) mass is 340 g/mol. The predicted molar refractivity (Wildman–Crippen MR) is 94.0 cm³/mol. The second kappa shape index (κ2) is 7.75. The van der Waals surface area contributed by atoms with Crippen molar-refractivity contribution in [3.05, 3.63) is 59.2 Å². The minimum Gasteiger partial charge on any atom is -0.490 e. The number of ether oxygens (including phenoxy) is 4. The molecule has 0 radical (unpaired) electrons. The largest absolute Gasteiger partial charge is 0.490 e. The molecule has 25 heavy (non-hydrogen) atoms. The number of hydrogen-bond donors (Lipinski definition) is 0. The molecule has 1 heterocycles. The molecule has 0 fully saturated rings. The summed E-state index contributed by atoms with van der Waals surface area (Å²) in [7, 11) is 0. The second-order valence-corrected chi connectivity index (χ2v) is 5.79. The van der Waals surface area contributed by atoms with Gasteiger partial charge in [-0.15, -0.1) is 0 Å². The van der Waals surface area contributed by atoms with Gasteiger partial charge in [-0.2, -0.15) is 0 Å². The first-order valence-corrected chi connectivity index (χ1v) is 8.06. The summed E-state index contributed by atoms with van der Waals surface area (Å²) in [5, 5.41) is 0. The van der Waals surface area contributed by atoms with Crippen molar-refractivity contribution in [1.29, 1.82) is 0 Å². The highest BCUT2D eigenvalue weighted by atomic mass is 16.7. The molecule has 0 N–H and O–H groups in total. The molecular formula is C20H20O5. The van der Waals surface area contributed by atoms with Gasteiger partial charge in [-0.1, -0.05) is 12.1 Å². The molecule has 0 aromatic heterocycles. The zero-order valence-corrected chi connectivity index (χ0v) is 14.3. The van der Waals surface area contributed by atoms with Gasteiger partial charge in [0.15, 0.2) is 11.5 Å². The molecule has 130 valence electrons. The molecule has 0 aliphatic carbocycles. The molecule has 5 heteroatoms. The van der Waals surface area contributed by atoms with E-state index in [1.807, 2.05) is 44.2 Å². The van der Waals surface area contributed by atoms with Gasteiger partial charge in [0.1, 0.15) is 19.0 Å². The Morgan fingerprint density at radius 2 is 1.80 bits per heavy atom. The number of hydrogen-bond acceptors (Lipinski definition) is 5. The molecule has 5 nitrogen and oxygen atoms in total. The fourth-order valence-corrected chi connectivity index (χ4v) is 2.55. The number of carbonyl (C=O) groups excluding carboxylic acids is 1. The summed E-state index contributed by atoms with van der Waals surface area (Å²) in [5.74, 6) is 1.76. The summed E-state index contributed by atoms with van der Waals surface area (Å²) >= 11 is 0. The maximum Gasteiger partial charge on any atom is 0.330 e. The number of benzene rings is 2. The molecular weight excluding hydrogens is 320 g/mol. The molecule has 0 saturated carbocycles. The molecule has 0 bridgehead atoms. The Hall–Kier alpha value is -2.95. The summed E-state index contributed by atoms with van der Waals surface area (Å²) < 4.78 is 21.3. The maximum absolute atomic E-state index is 11.7. The van der Waals surface area contributed by atoms with Crippen LogP contribution in [0.1, 0.15) is 16.7 Å². The van der Waals surface area contributed by atoms with Gasteiger partial charge >= 0.3 is 5.97 Å². The number of rotatable bonds is 6. The van der Waals surface area contributed by atoms with Gasteiger partial charge in [0, 0.05) is 6.08 Å². The Balaban J connectivity index is 1.43. The van der Waals surface area contributed by atoms with Crippen molar-refractivity contribution in [1.82, 2.24) is 0 Å². The first-order chi connectivity index (χ1) is 12.1. The Bertz CT molecular complexity index is 774. The highest BCUT2D eigenvalue weighted by Crippen LogP contribution is 2.32. The fourth-order valence-electron chi connectivity index (χ4n) is 2.55. The third-order valence-electron chi connectivity index (χ3n) is 3.60. The molecule has 3 rings (SSSR count). The zero-order valence-electron chi connectivity index (χ0n) is 14.3. The topological polar surface area (TPSA) is 54.0 Å². The molecule has 1 aliphatic heterocycles. The predicted octanol–water partition coefficient (Wildman–Crippen LogP) is 3.67. The average molecular weight is 340 g/mol. The van der Waals surface area contributed by atoms with E-state index in [4.69, 9.17) is 18.9 Å². The van der Waals surface area contributed by atoms with Crippen LogP contribution in [-0.2, 0) is 9.53 Å². The van der Waals surface area contributed by atoms with Crippen molar-refractivity contribution >= 4 is 12.0 Å². The third kappa shape index (κ3) is 4.76. The molecule has 0 amide bonds. The number of fused-ring (bicyclic) bond motifs is 1. The van der Waals surface area contributed by atoms with Gasteiger partial charge in [0.25, 0.3) is 0 Å². The van der Waals surface area contributed by atoms with E-state index < -0.39 is 5.97 Å². The third-order valence-corrected chi connectivity index (χ3v) is 3.60. The van der Waals surface area contributed by atoms with Gasteiger partial charge in [0.2, 0.25) is 6.79 Å². The highest BCUT2D eigenvalue weighted by Gasteiger charge is 2.12. The molecule has 0 unspecified atom stereocenters. The quantitative estimate of drug-likeness (QED) is 0.456. The van der Waals surface area contributed by atoms with Gasteiger partial charge in [-0.05, 0) is 60.9 Å². The van der Waals surface area contributed by atoms with Gasteiger partial charge < -0.3 is 18.9 Å². The lowest BCUT2D eigenvalue weighted by Gasteiger charge is -2.08. The lowest BCUT2D eigenvalue weighted by Crippen LogP contribution is -2.10. The van der Waals surface area contributed by atoms with E-state index in [0.717, 1.165) is 22.4 Å². The summed E-state index contributed by atoms with van der Waals surface area (Å²) in [6, 6.07) is 11.5. The normalized spacial score (nSPS) is 12.4. The Morgan fingerprint density at radius 1 is 1.04 bits per heavy atom. The van der Waals surface area contributed by atoms with Crippen molar-refractivity contribution in [3.63, 3.8) is 0 Å². The van der Waals surface area contributed by atoms with Crippen LogP contribution in [-0.4, -0.2) is 26.0 Å². The summed E-state index contributed by atoms with van der Waals surface area (Å²) in [5.41, 5.74) is 3.12. The van der Waals surface area contributed by atoms with Crippen LogP contribution >= 0.6 is 0 Å². The number of esters is 1. The van der Waals surface area contributed by atoms with E-state index in [0.29, 0.717) is 18.1 Å². The van der Waals surface area contributed by atoms with Crippen LogP contribution < -0.4 is 14.2 Å². The SMILES string of the molecule is Cc1cc(C)cc(OCCOC(=O)/C=C/c2ccc3c(c2)OCO3)c1. The van der Waals surface area contributed by atoms with Crippen LogP contribution in [0.5, 0.6) is 17.2 Å². The summed E-state index contributed by atoms with van der Waals surface area (Å²) in [6.45, 7) is 4.76. The van der Waals surface area contributed by atoms with Crippen LogP contribution in [0.15, 0.2) is 42.5 Å². The summed E-state index contributed by atoms with van der Waals surface area (Å²) in [4.78, 5) is 11.7. The number of aryl methyl sites for hydroxylation is 2. The molecule has 1 aliphatic rings. The zero-order chi connectivity index (χ0) is 17.6. The van der Waals surface area contributed by atoms with E-state index in [1.165, 1.54) is 6.08 Å². The molecule has 0 spiro atoms. The minimum absolute atomic E-state index is 0.192. The smallest absolute Gasteiger partial charge is 0.330 e. The van der Waals surface area contributed by atoms with Crippen molar-refractivity contribution in [2.24, 2.45) is 0 Å². The maximum atomic E-state index is 11.7. The van der Waals surface area contributed by atoms with Crippen LogP contribution in [0, 0.1) is 13.8 Å². The lowest BCUT2D eigenvalue weighted by atomic mass is 10.1. The molecule has 2 aromatic carbocycles. The summed E-state index contributed by atoms with van der Waals surface area (Å²) in [6.07, 6.45) is 3.06. The van der Waals surface area contributed by atoms with E-state index in [2.05, 4.69) is 6.07 Å². The first-order valence-electron chi connectivity index (χ1n) is 8.06. The molecule has 0 saturated heterocycles. The molecule has 0 atom stereocenters. The Kier molecular flexibility index (Phi) is 5.23. The standard InChI is InChI=1S/C20H20O5/c1-14-9-15(2)11-17(10-14)22-7-8-23-20(21)6-4-16-3-5-18-19(12-16)25-13-24-18/h3-6,9-12H,7-8,13H2,1-2H3/b6-4+. The van der Waals surface area contributed by atoms with Crippen LogP contribution in [0.4, 0.5) is 0 Å². The highest BCUT2D eigenvalue weighted by molar-refractivity contribution is 5.87. The molecule has 2 aromatic rings. The van der Waals surface area contributed by atoms with Crippen LogP contribution in [0.2, 0.25) is 0 Å². The van der Waals surface area contributed by atoms with Crippen molar-refractivity contribution in [2.45, 2.75) is 13.8 Å². The van der Waals surface area contributed by atoms with Crippen molar-refractivity contribution in [3.8, 4) is 17.2 Å². The van der Waals surface area contributed by atoms with Crippen LogP contribution in [0.25, 0.3) is 6.08 Å². The Labute approximate surface area is 146 Å². The van der Waals surface area contributed by atoms with Gasteiger partial charge in [-0.3, -0.25) is 0 Å². The lowest BCUT2D eigenvalue weighted by molar-refractivity contribution is -0.138. The fraction of sp³-hybridized carbons (Fsp3) is 0.250. The minimum atomic E-state index is -0.415. The van der Waals surface area contributed by atoms with Crippen molar-refractivity contribution in [2.75, 3.05) is 20.0 Å². The van der Waals surface area contributed by atoms with Crippen molar-refractivity contribution < 1.29 is 23.7 Å². The average Bonchev–Trinajstić information content (AvgIpc) is 3.04.